The van der Waals surface area contributed by atoms with Crippen molar-refractivity contribution in [2.75, 3.05) is 19.6 Å². The van der Waals surface area contributed by atoms with Crippen molar-refractivity contribution < 1.29 is 4.48 Å². The Morgan fingerprint density at radius 1 is 0.727 bits per heavy atom. The summed E-state index contributed by atoms with van der Waals surface area (Å²) in [6.45, 7) is 8.19. The molecule has 1 aliphatic carbocycles. The molecule has 1 saturated carbocycles. The minimum atomic E-state index is 1.05. The second kappa shape index (κ2) is 10.5. The van der Waals surface area contributed by atoms with Crippen LogP contribution in [0.25, 0.3) is 0 Å². The molecule has 0 N–H and O–H groups in total. The van der Waals surface area contributed by atoms with Gasteiger partial charge in [-0.1, -0.05) is 64.2 Å². The lowest BCUT2D eigenvalue weighted by atomic mass is 9.91. The summed E-state index contributed by atoms with van der Waals surface area (Å²) in [5.74, 6) is 1.05. The number of quaternary nitrogens is 1. The normalized spacial score (nSPS) is 24.2. The van der Waals surface area contributed by atoms with Crippen molar-refractivity contribution in [3.8, 4) is 0 Å². The Morgan fingerprint density at radius 2 is 1.32 bits per heavy atom. The standard InChI is InChI=1S/C21H40N/c1-2-22(19-13-8-14-20-22)18-12-7-11-17-21-15-9-5-3-4-6-10-16-21/h2,21H,1,3-20H2/q+1. The van der Waals surface area contributed by atoms with Crippen molar-refractivity contribution in [3.63, 3.8) is 0 Å². The number of rotatable bonds is 7. The third-order valence-electron chi connectivity index (χ3n) is 6.28. The summed E-state index contributed by atoms with van der Waals surface area (Å²) in [5.41, 5.74) is 0. The van der Waals surface area contributed by atoms with Gasteiger partial charge in [0.1, 0.15) is 0 Å². The second-order valence-corrected chi connectivity index (χ2v) is 8.05. The van der Waals surface area contributed by atoms with Crippen molar-refractivity contribution in [1.82, 2.24) is 0 Å². The molecule has 1 heteroatoms. The summed E-state index contributed by atoms with van der Waals surface area (Å²) in [6, 6.07) is 0. The van der Waals surface area contributed by atoms with Gasteiger partial charge in [0.05, 0.1) is 25.8 Å². The van der Waals surface area contributed by atoms with Crippen molar-refractivity contribution in [1.29, 1.82) is 0 Å². The molecular weight excluding hydrogens is 266 g/mol. The van der Waals surface area contributed by atoms with Crippen molar-refractivity contribution in [2.24, 2.45) is 5.92 Å². The molecule has 1 saturated heterocycles. The molecule has 0 bridgehead atoms. The highest BCUT2D eigenvalue weighted by Crippen LogP contribution is 2.26. The van der Waals surface area contributed by atoms with Gasteiger partial charge >= 0.3 is 0 Å². The average Bonchev–Trinajstić information content (AvgIpc) is 2.69. The summed E-state index contributed by atoms with van der Waals surface area (Å²) in [7, 11) is 0. The SMILES string of the molecule is C=C[N+]1(CCCCCC2CCCCCCCC2)CCCCC1. The Bertz CT molecular complexity index is 280. The Kier molecular flexibility index (Phi) is 8.59. The maximum Gasteiger partial charge on any atom is 0.0885 e. The first-order chi connectivity index (χ1) is 10.8. The van der Waals surface area contributed by atoms with Crippen LogP contribution in [0.5, 0.6) is 0 Å². The van der Waals surface area contributed by atoms with Gasteiger partial charge in [-0.05, 0) is 44.6 Å². The lowest BCUT2D eigenvalue weighted by Crippen LogP contribution is -2.47. The van der Waals surface area contributed by atoms with Gasteiger partial charge in [0.2, 0.25) is 0 Å². The van der Waals surface area contributed by atoms with Crippen LogP contribution >= 0.6 is 0 Å². The van der Waals surface area contributed by atoms with Gasteiger partial charge in [-0.3, -0.25) is 4.48 Å². The van der Waals surface area contributed by atoms with Crippen LogP contribution in [0.2, 0.25) is 0 Å². The zero-order valence-electron chi connectivity index (χ0n) is 15.0. The van der Waals surface area contributed by atoms with E-state index in [0.29, 0.717) is 0 Å². The van der Waals surface area contributed by atoms with Gasteiger partial charge in [-0.15, -0.1) is 0 Å². The molecular formula is C21H40N+. The Labute approximate surface area is 139 Å². The van der Waals surface area contributed by atoms with Crippen LogP contribution in [-0.4, -0.2) is 24.1 Å². The Hall–Kier alpha value is -0.300. The molecule has 1 aliphatic heterocycles. The summed E-state index contributed by atoms with van der Waals surface area (Å²) in [6.07, 6.45) is 24.4. The molecule has 1 nitrogen and oxygen atoms in total. The predicted octanol–water partition coefficient (Wildman–Crippen LogP) is 6.44. The Morgan fingerprint density at radius 3 is 1.95 bits per heavy atom. The predicted molar refractivity (Wildman–Crippen MR) is 97.8 cm³/mol. The number of unbranched alkanes of at least 4 members (excludes halogenated alkanes) is 2. The Balaban J connectivity index is 1.58. The summed E-state index contributed by atoms with van der Waals surface area (Å²) >= 11 is 0. The molecule has 128 valence electrons. The topological polar surface area (TPSA) is 0 Å². The minimum absolute atomic E-state index is 1.05. The number of likely N-dealkylation sites (tertiary alicyclic amines) is 1. The van der Waals surface area contributed by atoms with Crippen LogP contribution in [0.3, 0.4) is 0 Å². The number of piperidine rings is 1. The van der Waals surface area contributed by atoms with Crippen LogP contribution in [0.15, 0.2) is 12.8 Å². The number of hydrogen-bond acceptors (Lipinski definition) is 0. The van der Waals surface area contributed by atoms with Crippen molar-refractivity contribution >= 4 is 0 Å². The lowest BCUT2D eigenvalue weighted by molar-refractivity contribution is -0.884. The lowest BCUT2D eigenvalue weighted by Gasteiger charge is -2.38. The first-order valence-electron chi connectivity index (χ1n) is 10.3. The zero-order valence-corrected chi connectivity index (χ0v) is 15.0. The second-order valence-electron chi connectivity index (χ2n) is 8.05. The fourth-order valence-electron chi connectivity index (χ4n) is 4.68. The van der Waals surface area contributed by atoms with Crippen LogP contribution in [0.1, 0.15) is 96.3 Å². The fourth-order valence-corrected chi connectivity index (χ4v) is 4.68. The monoisotopic (exact) mass is 306 g/mol. The quantitative estimate of drug-likeness (QED) is 0.375. The molecule has 0 aromatic heterocycles. The van der Waals surface area contributed by atoms with Crippen molar-refractivity contribution in [2.45, 2.75) is 96.3 Å². The van der Waals surface area contributed by atoms with Gasteiger partial charge in [0, 0.05) is 0 Å². The van der Waals surface area contributed by atoms with Gasteiger partial charge in [0.15, 0.2) is 0 Å². The van der Waals surface area contributed by atoms with Crippen LogP contribution < -0.4 is 0 Å². The van der Waals surface area contributed by atoms with E-state index in [0.717, 1.165) is 5.92 Å². The van der Waals surface area contributed by atoms with E-state index in [4.69, 9.17) is 0 Å². The highest BCUT2D eigenvalue weighted by molar-refractivity contribution is 4.65. The molecule has 0 atom stereocenters. The van der Waals surface area contributed by atoms with Crippen LogP contribution in [-0.2, 0) is 0 Å². The molecule has 0 radical (unpaired) electrons. The van der Waals surface area contributed by atoms with Crippen LogP contribution in [0.4, 0.5) is 0 Å². The van der Waals surface area contributed by atoms with E-state index >= 15 is 0 Å². The summed E-state index contributed by atoms with van der Waals surface area (Å²) < 4.78 is 1.21. The van der Waals surface area contributed by atoms with Gasteiger partial charge in [-0.2, -0.15) is 0 Å². The average molecular weight is 307 g/mol. The molecule has 0 aromatic carbocycles. The molecule has 0 amide bonds. The largest absolute Gasteiger partial charge is 0.298 e. The summed E-state index contributed by atoms with van der Waals surface area (Å²) in [5, 5.41) is 0. The molecule has 2 aliphatic rings. The third kappa shape index (κ3) is 6.44. The first-order valence-corrected chi connectivity index (χ1v) is 10.3. The van der Waals surface area contributed by atoms with Gasteiger partial charge < -0.3 is 0 Å². The zero-order chi connectivity index (χ0) is 15.5. The first kappa shape index (κ1) is 18.0. The van der Waals surface area contributed by atoms with E-state index in [-0.39, 0.29) is 0 Å². The maximum atomic E-state index is 4.13. The summed E-state index contributed by atoms with van der Waals surface area (Å²) in [4.78, 5) is 0. The number of hydrogen-bond donors (Lipinski definition) is 0. The molecule has 2 rings (SSSR count). The highest BCUT2D eigenvalue weighted by atomic mass is 15.3. The van der Waals surface area contributed by atoms with Gasteiger partial charge in [-0.25, -0.2) is 0 Å². The van der Waals surface area contributed by atoms with E-state index in [1.807, 2.05) is 0 Å². The molecule has 22 heavy (non-hydrogen) atoms. The maximum absolute atomic E-state index is 4.13. The molecule has 0 aromatic rings. The number of nitrogens with zero attached hydrogens (tertiary/aromatic N) is 1. The van der Waals surface area contributed by atoms with Gasteiger partial charge in [0.25, 0.3) is 0 Å². The van der Waals surface area contributed by atoms with E-state index in [9.17, 15) is 0 Å². The van der Waals surface area contributed by atoms with E-state index < -0.39 is 0 Å². The van der Waals surface area contributed by atoms with E-state index in [1.165, 1.54) is 120 Å². The third-order valence-corrected chi connectivity index (χ3v) is 6.28. The smallest absolute Gasteiger partial charge is 0.0885 e. The van der Waals surface area contributed by atoms with E-state index in [1.54, 1.807) is 0 Å². The van der Waals surface area contributed by atoms with E-state index in [2.05, 4.69) is 12.8 Å². The highest BCUT2D eigenvalue weighted by Gasteiger charge is 2.26. The molecule has 0 spiro atoms. The fraction of sp³-hybridized carbons (Fsp3) is 0.905. The van der Waals surface area contributed by atoms with Crippen LogP contribution in [0, 0.1) is 5.92 Å². The molecule has 2 fully saturated rings. The molecule has 0 unspecified atom stereocenters. The minimum Gasteiger partial charge on any atom is -0.298 e. The van der Waals surface area contributed by atoms with Crippen molar-refractivity contribution in [3.05, 3.63) is 12.8 Å². The molecule has 1 heterocycles.